The standard InChI is InChI=1S/C20H13BrN2/c1-13-20-17-6-4-2-3-5-16(17)18(11-22)19(20)12-23(13)15-9-7-14(21)8-10-15/h2-10,12H,1H3. The third-order valence-electron chi connectivity index (χ3n) is 4.31. The van der Waals surface area contributed by atoms with Crippen molar-refractivity contribution in [2.75, 3.05) is 0 Å². The van der Waals surface area contributed by atoms with Crippen LogP contribution in [0.4, 0.5) is 0 Å². The summed E-state index contributed by atoms with van der Waals surface area (Å²) in [5, 5.41) is 11.8. The minimum Gasteiger partial charge on any atom is -0.320 e. The van der Waals surface area contributed by atoms with Gasteiger partial charge in [-0.15, -0.1) is 0 Å². The van der Waals surface area contributed by atoms with Gasteiger partial charge in [-0.05, 0) is 36.8 Å². The minimum absolute atomic E-state index is 0.755. The molecule has 0 fully saturated rings. The van der Waals surface area contributed by atoms with Gasteiger partial charge in [-0.1, -0.05) is 46.3 Å². The Morgan fingerprint density at radius 1 is 0.957 bits per heavy atom. The average Bonchev–Trinajstić information content (AvgIpc) is 2.91. The number of halogens is 1. The predicted molar refractivity (Wildman–Crippen MR) is 97.0 cm³/mol. The summed E-state index contributed by atoms with van der Waals surface area (Å²) in [4.78, 5) is 0. The number of benzene rings is 1. The van der Waals surface area contributed by atoms with Gasteiger partial charge in [0.1, 0.15) is 6.07 Å². The van der Waals surface area contributed by atoms with E-state index in [0.717, 1.165) is 43.3 Å². The molecule has 2 aromatic rings. The smallest absolute Gasteiger partial charge is 0.100 e. The topological polar surface area (TPSA) is 28.7 Å². The van der Waals surface area contributed by atoms with Crippen molar-refractivity contribution in [1.29, 1.82) is 5.26 Å². The van der Waals surface area contributed by atoms with Gasteiger partial charge < -0.3 is 4.57 Å². The number of rotatable bonds is 1. The molecule has 0 saturated heterocycles. The molecule has 1 aromatic carbocycles. The lowest BCUT2D eigenvalue weighted by Crippen LogP contribution is -1.94. The molecule has 0 bridgehead atoms. The second kappa shape index (κ2) is 5.26. The second-order valence-corrected chi connectivity index (χ2v) is 6.49. The third kappa shape index (κ3) is 2.07. The second-order valence-electron chi connectivity index (χ2n) is 5.57. The van der Waals surface area contributed by atoms with Crippen LogP contribution < -0.4 is 0 Å². The molecule has 2 aliphatic carbocycles. The van der Waals surface area contributed by atoms with Crippen molar-refractivity contribution in [1.82, 2.24) is 4.57 Å². The van der Waals surface area contributed by atoms with Gasteiger partial charge in [0.05, 0.1) is 5.56 Å². The van der Waals surface area contributed by atoms with Crippen LogP contribution in [0.3, 0.4) is 0 Å². The molecule has 110 valence electrons. The van der Waals surface area contributed by atoms with Gasteiger partial charge in [-0.3, -0.25) is 0 Å². The molecular formula is C20H13BrN2. The zero-order chi connectivity index (χ0) is 16.0. The van der Waals surface area contributed by atoms with Crippen LogP contribution in [0.15, 0.2) is 65.3 Å². The Morgan fingerprint density at radius 3 is 2.35 bits per heavy atom. The first kappa shape index (κ1) is 14.0. The first-order valence-electron chi connectivity index (χ1n) is 7.39. The fourth-order valence-electron chi connectivity index (χ4n) is 3.25. The maximum Gasteiger partial charge on any atom is 0.100 e. The molecule has 3 heteroatoms. The molecule has 1 heterocycles. The summed E-state index contributed by atoms with van der Waals surface area (Å²) in [6, 6.07) is 20.7. The maximum atomic E-state index is 9.65. The Balaban J connectivity index is 2.09. The van der Waals surface area contributed by atoms with E-state index in [-0.39, 0.29) is 0 Å². The van der Waals surface area contributed by atoms with Gasteiger partial charge >= 0.3 is 0 Å². The third-order valence-corrected chi connectivity index (χ3v) is 4.84. The molecule has 0 N–H and O–H groups in total. The number of fused-ring (bicyclic) bond motifs is 3. The average molecular weight is 361 g/mol. The number of nitrogens with zero attached hydrogens (tertiary/aromatic N) is 2. The molecule has 2 aliphatic rings. The number of hydrogen-bond acceptors (Lipinski definition) is 1. The molecule has 0 unspecified atom stereocenters. The van der Waals surface area contributed by atoms with E-state index >= 15 is 0 Å². The van der Waals surface area contributed by atoms with Crippen LogP contribution in [-0.2, 0) is 0 Å². The van der Waals surface area contributed by atoms with Crippen molar-refractivity contribution in [3.63, 3.8) is 0 Å². The normalized spacial score (nSPS) is 11.0. The number of aryl methyl sites for hydroxylation is 1. The SMILES string of the molecule is Cc1c2c3cccccc-3c(C#N)c2cn1-c1ccc(Br)cc1. The summed E-state index contributed by atoms with van der Waals surface area (Å²) in [6.07, 6.45) is 2.08. The Kier molecular flexibility index (Phi) is 3.21. The van der Waals surface area contributed by atoms with Gasteiger partial charge in [-0.25, -0.2) is 0 Å². The van der Waals surface area contributed by atoms with E-state index < -0.39 is 0 Å². The summed E-state index contributed by atoms with van der Waals surface area (Å²) >= 11 is 3.47. The zero-order valence-corrected chi connectivity index (χ0v) is 14.1. The maximum absolute atomic E-state index is 9.65. The first-order valence-corrected chi connectivity index (χ1v) is 8.18. The van der Waals surface area contributed by atoms with Crippen LogP contribution in [0.25, 0.3) is 27.6 Å². The highest BCUT2D eigenvalue weighted by molar-refractivity contribution is 9.10. The fourth-order valence-corrected chi connectivity index (χ4v) is 3.52. The van der Waals surface area contributed by atoms with Crippen molar-refractivity contribution in [2.24, 2.45) is 0 Å². The van der Waals surface area contributed by atoms with Crippen LogP contribution in [0, 0.1) is 18.3 Å². The molecule has 0 amide bonds. The van der Waals surface area contributed by atoms with Crippen LogP contribution in [0.1, 0.15) is 11.3 Å². The van der Waals surface area contributed by atoms with Gasteiger partial charge in [0.2, 0.25) is 0 Å². The molecule has 0 spiro atoms. The molecule has 2 nitrogen and oxygen atoms in total. The van der Waals surface area contributed by atoms with Crippen molar-refractivity contribution in [2.45, 2.75) is 6.92 Å². The van der Waals surface area contributed by atoms with Gasteiger partial charge in [0.25, 0.3) is 0 Å². The fraction of sp³-hybridized carbons (Fsp3) is 0.0500. The van der Waals surface area contributed by atoms with E-state index in [1.807, 2.05) is 36.4 Å². The quantitative estimate of drug-likeness (QED) is 0.429. The lowest BCUT2D eigenvalue weighted by atomic mass is 10.1. The zero-order valence-electron chi connectivity index (χ0n) is 12.5. The lowest BCUT2D eigenvalue weighted by Gasteiger charge is -2.07. The first-order chi connectivity index (χ1) is 11.2. The molecule has 0 radical (unpaired) electrons. The number of nitriles is 1. The highest BCUT2D eigenvalue weighted by Gasteiger charge is 2.21. The van der Waals surface area contributed by atoms with Gasteiger partial charge in [-0.2, -0.15) is 5.26 Å². The highest BCUT2D eigenvalue weighted by atomic mass is 79.9. The van der Waals surface area contributed by atoms with Crippen molar-refractivity contribution < 1.29 is 0 Å². The summed E-state index contributed by atoms with van der Waals surface area (Å²) < 4.78 is 3.21. The molecule has 23 heavy (non-hydrogen) atoms. The van der Waals surface area contributed by atoms with E-state index in [9.17, 15) is 5.26 Å². The Morgan fingerprint density at radius 2 is 1.65 bits per heavy atom. The van der Waals surface area contributed by atoms with Crippen molar-refractivity contribution in [3.05, 3.63) is 76.5 Å². The van der Waals surface area contributed by atoms with Crippen molar-refractivity contribution in [3.8, 4) is 22.9 Å². The molecule has 1 aromatic heterocycles. The minimum atomic E-state index is 0.755. The molecule has 4 rings (SSSR count). The van der Waals surface area contributed by atoms with Crippen LogP contribution >= 0.6 is 15.9 Å². The van der Waals surface area contributed by atoms with E-state index in [1.165, 1.54) is 0 Å². The summed E-state index contributed by atoms with van der Waals surface area (Å²) in [5.74, 6) is 0. The highest BCUT2D eigenvalue weighted by Crippen LogP contribution is 2.41. The van der Waals surface area contributed by atoms with Crippen LogP contribution in [0.2, 0.25) is 0 Å². The summed E-state index contributed by atoms with van der Waals surface area (Å²) in [5.41, 5.74) is 5.16. The van der Waals surface area contributed by atoms with E-state index in [0.29, 0.717) is 0 Å². The number of hydrogen-bond donors (Lipinski definition) is 0. The molecule has 0 atom stereocenters. The molecular weight excluding hydrogens is 348 g/mol. The van der Waals surface area contributed by atoms with E-state index in [2.05, 4.69) is 57.9 Å². The van der Waals surface area contributed by atoms with E-state index in [4.69, 9.17) is 0 Å². The largest absolute Gasteiger partial charge is 0.320 e. The molecule has 0 aliphatic heterocycles. The lowest BCUT2D eigenvalue weighted by molar-refractivity contribution is 1.02. The predicted octanol–water partition coefficient (Wildman–Crippen LogP) is 5.68. The molecule has 0 saturated carbocycles. The Bertz CT molecular complexity index is 1040. The van der Waals surface area contributed by atoms with Crippen molar-refractivity contribution >= 4 is 26.7 Å². The summed E-state index contributed by atoms with van der Waals surface area (Å²) in [6.45, 7) is 2.11. The summed E-state index contributed by atoms with van der Waals surface area (Å²) in [7, 11) is 0. The van der Waals surface area contributed by atoms with Gasteiger partial charge in [0, 0.05) is 38.4 Å². The van der Waals surface area contributed by atoms with E-state index in [1.54, 1.807) is 0 Å². The number of aromatic nitrogens is 1. The Hall–Kier alpha value is -2.57. The van der Waals surface area contributed by atoms with Crippen LogP contribution in [-0.4, -0.2) is 4.57 Å². The monoisotopic (exact) mass is 360 g/mol. The van der Waals surface area contributed by atoms with Gasteiger partial charge in [0.15, 0.2) is 0 Å². The Labute approximate surface area is 143 Å². The van der Waals surface area contributed by atoms with Crippen LogP contribution in [0.5, 0.6) is 0 Å².